The quantitative estimate of drug-likeness (QED) is 0.715. The summed E-state index contributed by atoms with van der Waals surface area (Å²) in [6.45, 7) is 7.28. The Morgan fingerprint density at radius 2 is 2.06 bits per heavy atom. The van der Waals surface area contributed by atoms with Crippen molar-refractivity contribution in [3.63, 3.8) is 0 Å². The molecule has 2 N–H and O–H groups in total. The van der Waals surface area contributed by atoms with Crippen LogP contribution in [0.15, 0.2) is 0 Å². The van der Waals surface area contributed by atoms with Gasteiger partial charge in [0.2, 0.25) is 0 Å². The predicted octanol–water partition coefficient (Wildman–Crippen LogP) is 0.376. The third kappa shape index (κ3) is 4.78. The molecule has 4 nitrogen and oxygen atoms in total. The van der Waals surface area contributed by atoms with Gasteiger partial charge in [0.1, 0.15) is 0 Å². The molecule has 0 spiro atoms. The van der Waals surface area contributed by atoms with Crippen molar-refractivity contribution >= 4 is 0 Å². The number of hydrogen-bond acceptors (Lipinski definition) is 4. The van der Waals surface area contributed by atoms with Crippen LogP contribution in [0.3, 0.4) is 0 Å². The maximum Gasteiger partial charge on any atom is 0.0589 e. The van der Waals surface area contributed by atoms with E-state index in [1.54, 1.807) is 7.11 Å². The van der Waals surface area contributed by atoms with Crippen LogP contribution < -0.4 is 5.73 Å². The molecule has 96 valence electrons. The summed E-state index contributed by atoms with van der Waals surface area (Å²) in [5.41, 5.74) is 5.91. The summed E-state index contributed by atoms with van der Waals surface area (Å²) in [5, 5.41) is 0. The Bertz CT molecular complexity index is 179. The third-order valence-corrected chi connectivity index (χ3v) is 3.31. The fraction of sp³-hybridized carbons (Fsp3) is 1.00. The molecule has 1 aliphatic heterocycles. The number of likely N-dealkylation sites (tertiary alicyclic amines) is 1. The first-order chi connectivity index (χ1) is 7.63. The van der Waals surface area contributed by atoms with Crippen LogP contribution >= 0.6 is 0 Å². The Morgan fingerprint density at radius 1 is 1.44 bits per heavy atom. The van der Waals surface area contributed by atoms with Gasteiger partial charge in [-0.2, -0.15) is 0 Å². The normalized spacial score (nSPS) is 21.6. The Kier molecular flexibility index (Phi) is 6.28. The summed E-state index contributed by atoms with van der Waals surface area (Å²) in [5.74, 6) is 0. The van der Waals surface area contributed by atoms with E-state index in [1.807, 2.05) is 0 Å². The van der Waals surface area contributed by atoms with Gasteiger partial charge in [-0.25, -0.2) is 0 Å². The molecule has 1 aliphatic rings. The molecule has 0 aromatic heterocycles. The number of methoxy groups -OCH3 is 1. The Morgan fingerprint density at radius 3 is 2.56 bits per heavy atom. The number of hydrogen-bond donors (Lipinski definition) is 1. The molecule has 0 aromatic carbocycles. The number of nitrogens with two attached hydrogens (primary N) is 1. The van der Waals surface area contributed by atoms with Crippen LogP contribution in [0.5, 0.6) is 0 Å². The molecule has 0 bridgehead atoms. The van der Waals surface area contributed by atoms with Crippen molar-refractivity contribution < 1.29 is 4.74 Å². The van der Waals surface area contributed by atoms with Crippen LogP contribution in [-0.4, -0.2) is 68.8 Å². The Balaban J connectivity index is 2.40. The van der Waals surface area contributed by atoms with Crippen LogP contribution in [0, 0.1) is 0 Å². The highest BCUT2D eigenvalue weighted by Crippen LogP contribution is 2.15. The molecule has 1 atom stereocenters. The minimum atomic E-state index is 0.247. The lowest BCUT2D eigenvalue weighted by molar-refractivity contribution is 0.0823. The van der Waals surface area contributed by atoms with E-state index in [-0.39, 0.29) is 6.04 Å². The highest BCUT2D eigenvalue weighted by Gasteiger charge is 2.23. The van der Waals surface area contributed by atoms with Crippen molar-refractivity contribution in [2.45, 2.75) is 31.8 Å². The van der Waals surface area contributed by atoms with E-state index in [0.717, 1.165) is 19.7 Å². The number of nitrogens with zero attached hydrogens (tertiary/aromatic N) is 2. The van der Waals surface area contributed by atoms with Crippen LogP contribution in [0.2, 0.25) is 0 Å². The zero-order valence-corrected chi connectivity index (χ0v) is 11.0. The molecule has 16 heavy (non-hydrogen) atoms. The average molecular weight is 229 g/mol. The molecule has 1 saturated heterocycles. The summed E-state index contributed by atoms with van der Waals surface area (Å²) < 4.78 is 5.17. The van der Waals surface area contributed by atoms with Crippen LogP contribution in [-0.2, 0) is 4.74 Å². The van der Waals surface area contributed by atoms with Crippen LogP contribution in [0.4, 0.5) is 0 Å². The molecule has 0 amide bonds. The van der Waals surface area contributed by atoms with Gasteiger partial charge in [0, 0.05) is 32.3 Å². The largest absolute Gasteiger partial charge is 0.383 e. The number of piperidine rings is 1. The molecule has 4 heteroatoms. The molecule has 0 saturated carbocycles. The lowest BCUT2D eigenvalue weighted by Gasteiger charge is -2.38. The van der Waals surface area contributed by atoms with E-state index in [9.17, 15) is 0 Å². The standard InChI is InChI=1S/C12H27N3O/c1-11(13)10-15(8-9-16-3)12-4-6-14(2)7-5-12/h11-12H,4-10,13H2,1-3H3. The van der Waals surface area contributed by atoms with Crippen molar-refractivity contribution in [3.05, 3.63) is 0 Å². The van der Waals surface area contributed by atoms with Gasteiger partial charge in [-0.3, -0.25) is 4.90 Å². The number of ether oxygens (including phenoxy) is 1. The molecule has 0 aromatic rings. The first-order valence-electron chi connectivity index (χ1n) is 6.30. The monoisotopic (exact) mass is 229 g/mol. The molecule has 1 fully saturated rings. The molecule has 1 heterocycles. The van der Waals surface area contributed by atoms with Gasteiger partial charge >= 0.3 is 0 Å². The van der Waals surface area contributed by atoms with Gasteiger partial charge in [0.25, 0.3) is 0 Å². The van der Waals surface area contributed by atoms with Gasteiger partial charge in [-0.15, -0.1) is 0 Å². The fourth-order valence-electron chi connectivity index (χ4n) is 2.36. The Labute approximate surface area is 99.7 Å². The van der Waals surface area contributed by atoms with Gasteiger partial charge in [0.15, 0.2) is 0 Å². The Hall–Kier alpha value is -0.160. The lowest BCUT2D eigenvalue weighted by Crippen LogP contribution is -2.48. The van der Waals surface area contributed by atoms with Crippen LogP contribution in [0.25, 0.3) is 0 Å². The highest BCUT2D eigenvalue weighted by atomic mass is 16.5. The summed E-state index contributed by atoms with van der Waals surface area (Å²) in [4.78, 5) is 4.90. The van der Waals surface area contributed by atoms with Crippen molar-refractivity contribution in [3.8, 4) is 0 Å². The van der Waals surface area contributed by atoms with Gasteiger partial charge in [-0.05, 0) is 39.9 Å². The SMILES string of the molecule is COCCN(CC(C)N)C1CCN(C)CC1. The van der Waals surface area contributed by atoms with Crippen molar-refractivity contribution in [2.75, 3.05) is 46.9 Å². The van der Waals surface area contributed by atoms with Gasteiger partial charge in [-0.1, -0.05) is 0 Å². The first kappa shape index (κ1) is 13.9. The summed E-state index contributed by atoms with van der Waals surface area (Å²) in [6.07, 6.45) is 2.51. The van der Waals surface area contributed by atoms with E-state index < -0.39 is 0 Å². The summed E-state index contributed by atoms with van der Waals surface area (Å²) >= 11 is 0. The zero-order chi connectivity index (χ0) is 12.0. The van der Waals surface area contributed by atoms with Crippen molar-refractivity contribution in [1.82, 2.24) is 9.80 Å². The highest BCUT2D eigenvalue weighted by molar-refractivity contribution is 4.80. The van der Waals surface area contributed by atoms with E-state index in [4.69, 9.17) is 10.5 Å². The smallest absolute Gasteiger partial charge is 0.0589 e. The first-order valence-corrected chi connectivity index (χ1v) is 6.30. The second kappa shape index (κ2) is 7.22. The third-order valence-electron chi connectivity index (χ3n) is 3.31. The molecule has 1 rings (SSSR count). The fourth-order valence-corrected chi connectivity index (χ4v) is 2.36. The van der Waals surface area contributed by atoms with Gasteiger partial charge in [0.05, 0.1) is 6.61 Å². The number of rotatable bonds is 6. The molecule has 1 unspecified atom stereocenters. The van der Waals surface area contributed by atoms with E-state index >= 15 is 0 Å². The van der Waals surface area contributed by atoms with Crippen LogP contribution in [0.1, 0.15) is 19.8 Å². The molecule has 0 radical (unpaired) electrons. The van der Waals surface area contributed by atoms with E-state index in [1.165, 1.54) is 25.9 Å². The van der Waals surface area contributed by atoms with E-state index in [2.05, 4.69) is 23.8 Å². The minimum absolute atomic E-state index is 0.247. The second-order valence-electron chi connectivity index (χ2n) is 5.00. The maximum atomic E-state index is 5.91. The lowest BCUT2D eigenvalue weighted by atomic mass is 10.0. The molecular weight excluding hydrogens is 202 g/mol. The zero-order valence-electron chi connectivity index (χ0n) is 11.0. The predicted molar refractivity (Wildman–Crippen MR) is 67.6 cm³/mol. The van der Waals surface area contributed by atoms with Crippen molar-refractivity contribution in [1.29, 1.82) is 0 Å². The molecule has 0 aliphatic carbocycles. The minimum Gasteiger partial charge on any atom is -0.383 e. The van der Waals surface area contributed by atoms with Crippen molar-refractivity contribution in [2.24, 2.45) is 5.73 Å². The maximum absolute atomic E-state index is 5.91. The molecular formula is C12H27N3O. The summed E-state index contributed by atoms with van der Waals surface area (Å²) in [6, 6.07) is 0.939. The topological polar surface area (TPSA) is 41.7 Å². The van der Waals surface area contributed by atoms with Gasteiger partial charge < -0.3 is 15.4 Å². The average Bonchev–Trinajstić information content (AvgIpc) is 2.25. The summed E-state index contributed by atoms with van der Waals surface area (Å²) in [7, 11) is 3.96. The van der Waals surface area contributed by atoms with E-state index in [0.29, 0.717) is 6.04 Å². The second-order valence-corrected chi connectivity index (χ2v) is 5.00.